The molecule has 0 radical (unpaired) electrons. The first-order valence-electron chi connectivity index (χ1n) is 8.62. The van der Waals surface area contributed by atoms with Gasteiger partial charge in [-0.1, -0.05) is 54.6 Å². The van der Waals surface area contributed by atoms with E-state index in [0.717, 1.165) is 32.9 Å². The molecule has 1 aliphatic heterocycles. The van der Waals surface area contributed by atoms with Crippen LogP contribution in [0.15, 0.2) is 91.0 Å². The minimum atomic E-state index is -2.11. The SMILES string of the molecule is Fc1ccc(C2=CC(c3ccccc3)=CC(c3ccc(F)cc3)=P2(Br)Br)cc1. The summed E-state index contributed by atoms with van der Waals surface area (Å²) in [5.74, 6) is -0.537. The Bertz CT molecular complexity index is 1120. The zero-order valence-corrected chi connectivity index (χ0v) is 18.7. The third kappa shape index (κ3) is 3.87. The lowest BCUT2D eigenvalue weighted by atomic mass is 10.0. The van der Waals surface area contributed by atoms with Crippen LogP contribution in [0.25, 0.3) is 10.9 Å². The van der Waals surface area contributed by atoms with Gasteiger partial charge in [0.25, 0.3) is 0 Å². The van der Waals surface area contributed by atoms with Gasteiger partial charge in [-0.15, -0.1) is 0 Å². The second-order valence-corrected chi connectivity index (χ2v) is 17.6. The molecule has 0 atom stereocenters. The van der Waals surface area contributed by atoms with Gasteiger partial charge in [-0.05, 0) is 89.7 Å². The summed E-state index contributed by atoms with van der Waals surface area (Å²) in [4.78, 5) is 0. The van der Waals surface area contributed by atoms with Crippen molar-refractivity contribution in [2.24, 2.45) is 0 Å². The van der Waals surface area contributed by atoms with Crippen molar-refractivity contribution in [3.05, 3.63) is 119 Å². The Labute approximate surface area is 179 Å². The summed E-state index contributed by atoms with van der Waals surface area (Å²) in [7, 11) is 0. The molecule has 0 fully saturated rings. The maximum absolute atomic E-state index is 13.5. The van der Waals surface area contributed by atoms with Crippen LogP contribution in [0.1, 0.15) is 16.7 Å². The molecule has 5 heteroatoms. The fourth-order valence-electron chi connectivity index (χ4n) is 3.16. The molecule has 3 aromatic rings. The van der Waals surface area contributed by atoms with Crippen LogP contribution in [0.4, 0.5) is 8.78 Å². The molecule has 1 aliphatic rings. The fraction of sp³-hybridized carbons (Fsp3) is 0. The molecule has 28 heavy (non-hydrogen) atoms. The lowest BCUT2D eigenvalue weighted by Crippen LogP contribution is -2.03. The maximum atomic E-state index is 13.5. The monoisotopic (exact) mass is 518 g/mol. The second kappa shape index (κ2) is 7.94. The highest BCUT2D eigenvalue weighted by Crippen LogP contribution is 2.75. The first-order valence-corrected chi connectivity index (χ1v) is 14.4. The van der Waals surface area contributed by atoms with Gasteiger partial charge in [-0.2, -0.15) is 0 Å². The first-order chi connectivity index (χ1) is 13.4. The smallest absolute Gasteiger partial charge is 0.123 e. The summed E-state index contributed by atoms with van der Waals surface area (Å²) in [6.45, 7) is 0. The molecule has 0 saturated carbocycles. The van der Waals surface area contributed by atoms with E-state index in [2.05, 4.69) is 55.3 Å². The van der Waals surface area contributed by atoms with E-state index in [0.29, 0.717) is 0 Å². The van der Waals surface area contributed by atoms with Crippen molar-refractivity contribution < 1.29 is 8.78 Å². The molecule has 0 nitrogen and oxygen atoms in total. The molecule has 1 heterocycles. The van der Waals surface area contributed by atoms with Gasteiger partial charge >= 0.3 is 0 Å². The Morgan fingerprint density at radius 1 is 0.571 bits per heavy atom. The molecule has 0 bridgehead atoms. The van der Waals surface area contributed by atoms with Crippen molar-refractivity contribution >= 4 is 51.5 Å². The van der Waals surface area contributed by atoms with Gasteiger partial charge in [0, 0.05) is 10.6 Å². The Balaban J connectivity index is 1.97. The Hall–Kier alpha value is -1.74. The van der Waals surface area contributed by atoms with E-state index in [9.17, 15) is 8.78 Å². The van der Waals surface area contributed by atoms with Crippen molar-refractivity contribution in [1.82, 2.24) is 0 Å². The van der Waals surface area contributed by atoms with Crippen LogP contribution in [0.2, 0.25) is 0 Å². The van der Waals surface area contributed by atoms with Gasteiger partial charge in [0.2, 0.25) is 0 Å². The highest BCUT2D eigenvalue weighted by Gasteiger charge is 2.27. The normalized spacial score (nSPS) is 15.8. The maximum Gasteiger partial charge on any atom is 0.123 e. The van der Waals surface area contributed by atoms with E-state index in [4.69, 9.17) is 0 Å². The molecule has 0 aliphatic carbocycles. The van der Waals surface area contributed by atoms with E-state index in [1.807, 2.05) is 18.2 Å². The summed E-state index contributed by atoms with van der Waals surface area (Å²) >= 11 is 7.85. The molecule has 4 rings (SSSR count). The predicted molar refractivity (Wildman–Crippen MR) is 124 cm³/mol. The van der Waals surface area contributed by atoms with Crippen LogP contribution >= 0.6 is 35.3 Å². The Morgan fingerprint density at radius 3 is 1.68 bits per heavy atom. The fourth-order valence-corrected chi connectivity index (χ4v) is 8.65. The van der Waals surface area contributed by atoms with Gasteiger partial charge in [-0.3, -0.25) is 0 Å². The average Bonchev–Trinajstić information content (AvgIpc) is 2.70. The molecule has 0 N–H and O–H groups in total. The molecule has 3 aromatic carbocycles. The third-order valence-corrected chi connectivity index (χ3v) is 11.1. The lowest BCUT2D eigenvalue weighted by molar-refractivity contribution is 0.627. The zero-order valence-electron chi connectivity index (χ0n) is 14.6. The van der Waals surface area contributed by atoms with Crippen LogP contribution in [0, 0.1) is 11.6 Å². The van der Waals surface area contributed by atoms with Crippen LogP contribution in [0.3, 0.4) is 0 Å². The summed E-state index contributed by atoms with van der Waals surface area (Å²) in [6, 6.07) is 23.1. The van der Waals surface area contributed by atoms with Crippen molar-refractivity contribution in [2.75, 3.05) is 0 Å². The molecule has 0 saturated heterocycles. The molecular weight excluding hydrogens is 505 g/mol. The van der Waals surface area contributed by atoms with Crippen LogP contribution in [0.5, 0.6) is 0 Å². The second-order valence-electron chi connectivity index (χ2n) is 6.41. The highest BCUT2D eigenvalue weighted by atomic mass is 79.9. The van der Waals surface area contributed by atoms with Gasteiger partial charge in [0.1, 0.15) is 11.6 Å². The average molecular weight is 520 g/mol. The van der Waals surface area contributed by atoms with E-state index in [-0.39, 0.29) is 11.6 Å². The minimum absolute atomic E-state index is 0.269. The van der Waals surface area contributed by atoms with E-state index >= 15 is 0 Å². The van der Waals surface area contributed by atoms with E-state index in [1.54, 1.807) is 24.3 Å². The predicted octanol–water partition coefficient (Wildman–Crippen LogP) is 8.26. The van der Waals surface area contributed by atoms with Crippen LogP contribution in [-0.2, 0) is 0 Å². The van der Waals surface area contributed by atoms with Gasteiger partial charge in [-0.25, -0.2) is 8.78 Å². The molecule has 0 spiro atoms. The summed E-state index contributed by atoms with van der Waals surface area (Å²) < 4.78 is 24.9. The van der Waals surface area contributed by atoms with Crippen molar-refractivity contribution in [3.63, 3.8) is 0 Å². The van der Waals surface area contributed by atoms with Crippen LogP contribution < -0.4 is 0 Å². The van der Waals surface area contributed by atoms with E-state index < -0.39 is 4.29 Å². The van der Waals surface area contributed by atoms with Gasteiger partial charge < -0.3 is 0 Å². The van der Waals surface area contributed by atoms with Gasteiger partial charge in [0.15, 0.2) is 0 Å². The van der Waals surface area contributed by atoms with Crippen molar-refractivity contribution in [2.45, 2.75) is 0 Å². The van der Waals surface area contributed by atoms with Gasteiger partial charge in [0.05, 0.1) is 4.29 Å². The number of hydrogen-bond donors (Lipinski definition) is 0. The third-order valence-electron chi connectivity index (χ3n) is 4.58. The molecule has 0 unspecified atom stereocenters. The first kappa shape index (κ1) is 19.6. The van der Waals surface area contributed by atoms with Crippen LogP contribution in [-0.4, -0.2) is 5.29 Å². The summed E-state index contributed by atoms with van der Waals surface area (Å²) in [5.41, 5.74) is 4.00. The quantitative estimate of drug-likeness (QED) is 0.305. The van der Waals surface area contributed by atoms with Crippen molar-refractivity contribution in [1.29, 1.82) is 0 Å². The molecule has 0 aromatic heterocycles. The minimum Gasteiger partial charge on any atom is -0.207 e. The molecule has 140 valence electrons. The van der Waals surface area contributed by atoms with E-state index in [1.165, 1.54) is 24.3 Å². The summed E-state index contributed by atoms with van der Waals surface area (Å²) in [6.07, 6.45) is 4.26. The van der Waals surface area contributed by atoms with Crippen molar-refractivity contribution in [3.8, 4) is 0 Å². The zero-order chi connectivity index (χ0) is 19.7. The highest BCUT2D eigenvalue weighted by molar-refractivity contribution is 9.73. The number of halogens is 4. The number of rotatable bonds is 3. The topological polar surface area (TPSA) is 0 Å². The number of hydrogen-bond acceptors (Lipinski definition) is 0. The largest absolute Gasteiger partial charge is 0.207 e. The summed E-state index contributed by atoms with van der Waals surface area (Å²) in [5, 5.41) is 2.10. The standard InChI is InChI=1S/C23H15Br2F2P/c24-28(25)22(17-6-10-20(26)11-7-17)14-19(16-4-2-1-3-5-16)15-23(28)18-8-12-21(27)13-9-18/h1-15H. The number of benzene rings is 3. The molecular formula is C23H15Br2F2P. The Morgan fingerprint density at radius 2 is 1.11 bits per heavy atom. The number of allylic oxidation sites excluding steroid dienone is 3. The lowest BCUT2D eigenvalue weighted by Gasteiger charge is -2.26. The Kier molecular flexibility index (Phi) is 5.55. The molecule has 0 amide bonds.